The van der Waals surface area contributed by atoms with Gasteiger partial charge in [0.05, 0.1) is 18.8 Å². The molecule has 0 radical (unpaired) electrons. The van der Waals surface area contributed by atoms with Crippen molar-refractivity contribution in [3.63, 3.8) is 0 Å². The first kappa shape index (κ1) is 8.29. The van der Waals surface area contributed by atoms with E-state index in [-0.39, 0.29) is 13.0 Å². The third kappa shape index (κ3) is 2.06. The zero-order valence-corrected chi connectivity index (χ0v) is 5.79. The van der Waals surface area contributed by atoms with Crippen molar-refractivity contribution < 1.29 is 14.9 Å². The summed E-state index contributed by atoms with van der Waals surface area (Å²) in [4.78, 5) is 2.54. The molecule has 1 heterocycles. The van der Waals surface area contributed by atoms with E-state index in [0.717, 1.165) is 0 Å². The van der Waals surface area contributed by atoms with Gasteiger partial charge in [-0.1, -0.05) is 5.11 Å². The van der Waals surface area contributed by atoms with Crippen LogP contribution in [0.15, 0.2) is 5.11 Å². The van der Waals surface area contributed by atoms with Crippen molar-refractivity contribution in [2.45, 2.75) is 24.9 Å². The third-order valence-electron chi connectivity index (χ3n) is 1.55. The summed E-state index contributed by atoms with van der Waals surface area (Å²) >= 11 is 0. The molecule has 0 aromatic rings. The van der Waals surface area contributed by atoms with Crippen molar-refractivity contribution in [3.05, 3.63) is 10.4 Å². The minimum Gasteiger partial charge on any atom is -0.392 e. The minimum absolute atomic E-state index is 0.0758. The average Bonchev–Trinajstić information content (AvgIpc) is 1.95. The molecule has 0 saturated carbocycles. The van der Waals surface area contributed by atoms with E-state index < -0.39 is 18.4 Å². The number of ether oxygens (including phenoxy) is 1. The Hall–Kier alpha value is -0.810. The maximum atomic E-state index is 9.17. The Morgan fingerprint density at radius 1 is 1.55 bits per heavy atom. The molecular weight excluding hydrogens is 150 g/mol. The average molecular weight is 159 g/mol. The lowest BCUT2D eigenvalue weighted by Crippen LogP contribution is -2.39. The summed E-state index contributed by atoms with van der Waals surface area (Å²) in [5, 5.41) is 21.3. The predicted molar refractivity (Wildman–Crippen MR) is 35.5 cm³/mol. The van der Waals surface area contributed by atoms with Gasteiger partial charge in [0.25, 0.3) is 0 Å². The van der Waals surface area contributed by atoms with Gasteiger partial charge in [-0.15, -0.1) is 0 Å². The van der Waals surface area contributed by atoms with Crippen LogP contribution in [0.1, 0.15) is 6.42 Å². The number of hydrogen-bond acceptors (Lipinski definition) is 4. The highest BCUT2D eigenvalue weighted by atomic mass is 16.6. The molecule has 1 saturated heterocycles. The Labute approximate surface area is 63.0 Å². The van der Waals surface area contributed by atoms with Crippen LogP contribution in [0.5, 0.6) is 0 Å². The summed E-state index contributed by atoms with van der Waals surface area (Å²) < 4.78 is 4.74. The molecule has 0 spiro atoms. The van der Waals surface area contributed by atoms with E-state index in [1.54, 1.807) is 0 Å². The second kappa shape index (κ2) is 3.54. The molecule has 1 aliphatic heterocycles. The molecule has 6 nitrogen and oxygen atoms in total. The minimum atomic E-state index is -0.935. The number of nitrogens with zero attached hydrogens (tertiary/aromatic N) is 3. The number of aliphatic hydroxyl groups is 2. The lowest BCUT2D eigenvalue weighted by molar-refractivity contribution is -0.159. The molecular formula is C5H9N3O3. The quantitative estimate of drug-likeness (QED) is 0.314. The molecule has 0 unspecified atom stereocenters. The maximum absolute atomic E-state index is 9.17. The summed E-state index contributed by atoms with van der Waals surface area (Å²) in [6.07, 6.45) is -1.63. The van der Waals surface area contributed by atoms with E-state index in [0.29, 0.717) is 0 Å². The topological polar surface area (TPSA) is 98.5 Å². The van der Waals surface area contributed by atoms with Crippen LogP contribution in [0.2, 0.25) is 0 Å². The summed E-state index contributed by atoms with van der Waals surface area (Å²) in [6.45, 7) is 0.0758. The Morgan fingerprint density at radius 2 is 2.27 bits per heavy atom. The molecule has 0 aromatic carbocycles. The zero-order chi connectivity index (χ0) is 8.27. The monoisotopic (exact) mass is 159 g/mol. The first-order valence-electron chi connectivity index (χ1n) is 3.26. The number of aliphatic hydroxyl groups excluding tert-OH is 2. The van der Waals surface area contributed by atoms with Crippen molar-refractivity contribution in [3.8, 4) is 0 Å². The predicted octanol–water partition coefficient (Wildman–Crippen LogP) is -0.235. The third-order valence-corrected chi connectivity index (χ3v) is 1.55. The molecule has 0 amide bonds. The van der Waals surface area contributed by atoms with Crippen LogP contribution >= 0.6 is 0 Å². The molecule has 1 aliphatic rings. The molecule has 0 aromatic heterocycles. The highest BCUT2D eigenvalue weighted by molar-refractivity contribution is 4.80. The maximum Gasteiger partial charge on any atom is 0.157 e. The van der Waals surface area contributed by atoms with Crippen LogP contribution in [-0.2, 0) is 4.74 Å². The molecule has 62 valence electrons. The number of hydrogen-bond donors (Lipinski definition) is 2. The summed E-state index contributed by atoms with van der Waals surface area (Å²) in [7, 11) is 0. The lowest BCUT2D eigenvalue weighted by Gasteiger charge is -2.27. The van der Waals surface area contributed by atoms with Gasteiger partial charge in [0.15, 0.2) is 6.29 Å². The van der Waals surface area contributed by atoms with Gasteiger partial charge >= 0.3 is 0 Å². The molecule has 3 atom stereocenters. The Morgan fingerprint density at radius 3 is 2.82 bits per heavy atom. The van der Waals surface area contributed by atoms with E-state index in [2.05, 4.69) is 10.0 Å². The smallest absolute Gasteiger partial charge is 0.157 e. The van der Waals surface area contributed by atoms with Gasteiger partial charge in [0, 0.05) is 11.3 Å². The second-order valence-corrected chi connectivity index (χ2v) is 2.36. The Kier molecular flexibility index (Phi) is 2.67. The van der Waals surface area contributed by atoms with Crippen LogP contribution in [0.25, 0.3) is 10.4 Å². The lowest BCUT2D eigenvalue weighted by atomic mass is 10.1. The van der Waals surface area contributed by atoms with Gasteiger partial charge in [0.1, 0.15) is 0 Å². The highest BCUT2D eigenvalue weighted by Gasteiger charge is 2.27. The van der Waals surface area contributed by atoms with Gasteiger partial charge in [-0.2, -0.15) is 0 Å². The van der Waals surface area contributed by atoms with E-state index in [1.165, 1.54) is 0 Å². The van der Waals surface area contributed by atoms with E-state index in [4.69, 9.17) is 20.5 Å². The number of rotatable bonds is 1. The van der Waals surface area contributed by atoms with Crippen LogP contribution in [0.3, 0.4) is 0 Å². The van der Waals surface area contributed by atoms with Gasteiger partial charge < -0.3 is 14.9 Å². The van der Waals surface area contributed by atoms with Crippen molar-refractivity contribution in [1.82, 2.24) is 0 Å². The molecule has 2 N–H and O–H groups in total. The Balaban J connectivity index is 2.50. The van der Waals surface area contributed by atoms with Crippen LogP contribution < -0.4 is 0 Å². The first-order valence-corrected chi connectivity index (χ1v) is 3.26. The molecule has 6 heteroatoms. The van der Waals surface area contributed by atoms with Crippen LogP contribution in [-0.4, -0.2) is 35.3 Å². The van der Waals surface area contributed by atoms with Crippen molar-refractivity contribution >= 4 is 0 Å². The number of azide groups is 1. The fourth-order valence-corrected chi connectivity index (χ4v) is 0.929. The SMILES string of the molecule is [N-]=[N+]=N[C@@H]1CO[C@H](O)C[C@@H]1O. The van der Waals surface area contributed by atoms with Crippen LogP contribution in [0.4, 0.5) is 0 Å². The largest absolute Gasteiger partial charge is 0.392 e. The molecule has 0 bridgehead atoms. The fourth-order valence-electron chi connectivity index (χ4n) is 0.929. The molecule has 11 heavy (non-hydrogen) atoms. The first-order chi connectivity index (χ1) is 5.24. The summed E-state index contributed by atoms with van der Waals surface area (Å²) in [6, 6.07) is -0.566. The van der Waals surface area contributed by atoms with Crippen LogP contribution in [0, 0.1) is 0 Å². The van der Waals surface area contributed by atoms with E-state index >= 15 is 0 Å². The van der Waals surface area contributed by atoms with Crippen molar-refractivity contribution in [1.29, 1.82) is 0 Å². The molecule has 0 aliphatic carbocycles. The van der Waals surface area contributed by atoms with Gasteiger partial charge in [-0.05, 0) is 5.53 Å². The van der Waals surface area contributed by atoms with Crippen molar-refractivity contribution in [2.75, 3.05) is 6.61 Å². The van der Waals surface area contributed by atoms with Crippen molar-refractivity contribution in [2.24, 2.45) is 5.11 Å². The van der Waals surface area contributed by atoms with E-state index in [9.17, 15) is 0 Å². The standard InChI is InChI=1S/C5H9N3O3/c6-8-7-3-2-11-5(10)1-4(3)9/h3-5,9-10H,1-2H2/t3-,4+,5+/m1/s1. The second-order valence-electron chi connectivity index (χ2n) is 2.36. The fraction of sp³-hybridized carbons (Fsp3) is 1.00. The van der Waals surface area contributed by atoms with Gasteiger partial charge in [-0.3, -0.25) is 0 Å². The van der Waals surface area contributed by atoms with Gasteiger partial charge in [-0.25, -0.2) is 0 Å². The summed E-state index contributed by atoms with van der Waals surface area (Å²) in [5.41, 5.74) is 8.03. The summed E-state index contributed by atoms with van der Waals surface area (Å²) in [5.74, 6) is 0. The van der Waals surface area contributed by atoms with E-state index in [1.807, 2.05) is 0 Å². The molecule has 1 fully saturated rings. The van der Waals surface area contributed by atoms with Gasteiger partial charge in [0.2, 0.25) is 0 Å². The molecule has 1 rings (SSSR count). The normalized spacial score (nSPS) is 37.8. The highest BCUT2D eigenvalue weighted by Crippen LogP contribution is 2.14. The zero-order valence-electron chi connectivity index (χ0n) is 5.79. The Bertz CT molecular complexity index is 180.